The molecule has 0 aliphatic heterocycles. The molecule has 25 heavy (non-hydrogen) atoms. The minimum atomic E-state index is -0.513. The standard InChI is InChI=1S/C20H25ClN2O2/c1-14(15-6-8-16(21)9-7-15)22-17-10-12-18(13-11-17)23(5)19(24)25-20(2,3)4/h6-14,22H,1-5H3/t14-/m1/s1. The largest absolute Gasteiger partial charge is 0.443 e. The number of halogens is 1. The first kappa shape index (κ1) is 19.1. The number of nitrogens with one attached hydrogen (secondary N) is 1. The Labute approximate surface area is 154 Å². The number of ether oxygens (including phenoxy) is 1. The third kappa shape index (κ3) is 5.68. The molecular formula is C20H25ClN2O2. The SMILES string of the molecule is C[C@@H](Nc1ccc(N(C)C(=O)OC(C)(C)C)cc1)c1ccc(Cl)cc1. The number of nitrogens with zero attached hydrogens (tertiary/aromatic N) is 1. The van der Waals surface area contributed by atoms with Gasteiger partial charge in [0.2, 0.25) is 0 Å². The van der Waals surface area contributed by atoms with Crippen molar-refractivity contribution in [2.45, 2.75) is 39.3 Å². The third-order valence-electron chi connectivity index (χ3n) is 3.68. The highest BCUT2D eigenvalue weighted by Gasteiger charge is 2.20. The molecule has 2 aromatic rings. The van der Waals surface area contributed by atoms with E-state index in [0.29, 0.717) is 0 Å². The summed E-state index contributed by atoms with van der Waals surface area (Å²) < 4.78 is 5.38. The minimum absolute atomic E-state index is 0.145. The average molecular weight is 361 g/mol. The van der Waals surface area contributed by atoms with E-state index in [-0.39, 0.29) is 12.1 Å². The van der Waals surface area contributed by atoms with E-state index in [0.717, 1.165) is 22.0 Å². The van der Waals surface area contributed by atoms with Crippen LogP contribution < -0.4 is 10.2 Å². The molecule has 4 nitrogen and oxygen atoms in total. The van der Waals surface area contributed by atoms with Crippen molar-refractivity contribution < 1.29 is 9.53 Å². The van der Waals surface area contributed by atoms with Crippen LogP contribution in [-0.4, -0.2) is 18.7 Å². The summed E-state index contributed by atoms with van der Waals surface area (Å²) in [6.45, 7) is 7.64. The van der Waals surface area contributed by atoms with Crippen molar-refractivity contribution in [3.05, 3.63) is 59.1 Å². The van der Waals surface area contributed by atoms with Crippen molar-refractivity contribution in [2.75, 3.05) is 17.3 Å². The van der Waals surface area contributed by atoms with Gasteiger partial charge in [-0.1, -0.05) is 23.7 Å². The van der Waals surface area contributed by atoms with E-state index in [4.69, 9.17) is 16.3 Å². The van der Waals surface area contributed by atoms with E-state index in [2.05, 4.69) is 12.2 Å². The summed E-state index contributed by atoms with van der Waals surface area (Å²) in [7, 11) is 1.70. The van der Waals surface area contributed by atoms with Crippen LogP contribution in [0, 0.1) is 0 Å². The van der Waals surface area contributed by atoms with Crippen LogP contribution in [-0.2, 0) is 4.74 Å². The topological polar surface area (TPSA) is 41.6 Å². The van der Waals surface area contributed by atoms with Gasteiger partial charge in [-0.05, 0) is 69.7 Å². The second-order valence-electron chi connectivity index (χ2n) is 7.00. The van der Waals surface area contributed by atoms with Gasteiger partial charge in [-0.2, -0.15) is 0 Å². The second-order valence-corrected chi connectivity index (χ2v) is 7.44. The maximum absolute atomic E-state index is 12.1. The summed E-state index contributed by atoms with van der Waals surface area (Å²) in [6, 6.07) is 15.6. The minimum Gasteiger partial charge on any atom is -0.443 e. The zero-order valence-corrected chi connectivity index (χ0v) is 16.1. The van der Waals surface area contributed by atoms with Crippen molar-refractivity contribution in [1.29, 1.82) is 0 Å². The lowest BCUT2D eigenvalue weighted by Crippen LogP contribution is -2.34. The Morgan fingerprint density at radius 2 is 1.64 bits per heavy atom. The van der Waals surface area contributed by atoms with Crippen molar-refractivity contribution in [1.82, 2.24) is 0 Å². The lowest BCUT2D eigenvalue weighted by Gasteiger charge is -2.25. The van der Waals surface area contributed by atoms with E-state index in [1.165, 1.54) is 4.90 Å². The summed E-state index contributed by atoms with van der Waals surface area (Å²) in [5, 5.41) is 4.16. The van der Waals surface area contributed by atoms with Crippen LogP contribution in [0.3, 0.4) is 0 Å². The van der Waals surface area contributed by atoms with Crippen molar-refractivity contribution in [2.24, 2.45) is 0 Å². The molecule has 0 unspecified atom stereocenters. The number of anilines is 2. The molecule has 0 saturated heterocycles. The molecule has 0 fully saturated rings. The smallest absolute Gasteiger partial charge is 0.414 e. The summed E-state index contributed by atoms with van der Waals surface area (Å²) in [5.41, 5.74) is 2.39. The van der Waals surface area contributed by atoms with Crippen LogP contribution in [0.1, 0.15) is 39.3 Å². The van der Waals surface area contributed by atoms with Gasteiger partial charge >= 0.3 is 6.09 Å². The molecule has 1 atom stereocenters. The fraction of sp³-hybridized carbons (Fsp3) is 0.350. The summed E-state index contributed by atoms with van der Waals surface area (Å²) >= 11 is 5.93. The van der Waals surface area contributed by atoms with Crippen LogP contribution in [0.4, 0.5) is 16.2 Å². The van der Waals surface area contributed by atoms with Gasteiger partial charge in [0.05, 0.1) is 0 Å². The van der Waals surface area contributed by atoms with Gasteiger partial charge in [-0.3, -0.25) is 4.90 Å². The Hall–Kier alpha value is -2.20. The Bertz CT molecular complexity index is 706. The number of carbonyl (C=O) groups is 1. The highest BCUT2D eigenvalue weighted by Crippen LogP contribution is 2.24. The van der Waals surface area contributed by atoms with Crippen LogP contribution in [0.5, 0.6) is 0 Å². The summed E-state index contributed by atoms with van der Waals surface area (Å²) in [5.74, 6) is 0. The number of hydrogen-bond donors (Lipinski definition) is 1. The second kappa shape index (κ2) is 7.79. The molecule has 0 bridgehead atoms. The molecule has 0 aromatic heterocycles. The van der Waals surface area contributed by atoms with Gasteiger partial charge in [0.1, 0.15) is 5.60 Å². The van der Waals surface area contributed by atoms with Gasteiger partial charge in [-0.25, -0.2) is 4.79 Å². The number of benzene rings is 2. The van der Waals surface area contributed by atoms with Crippen LogP contribution in [0.15, 0.2) is 48.5 Å². The quantitative estimate of drug-likeness (QED) is 0.739. The van der Waals surface area contributed by atoms with Gasteiger partial charge in [0.25, 0.3) is 0 Å². The number of rotatable bonds is 4. The van der Waals surface area contributed by atoms with Gasteiger partial charge in [0.15, 0.2) is 0 Å². The molecule has 0 aliphatic carbocycles. The summed E-state index contributed by atoms with van der Waals surface area (Å²) in [4.78, 5) is 13.6. The molecule has 0 aliphatic rings. The van der Waals surface area contributed by atoms with E-state index in [1.807, 2.05) is 69.3 Å². The van der Waals surface area contributed by atoms with Crippen molar-refractivity contribution >= 4 is 29.1 Å². The average Bonchev–Trinajstić information content (AvgIpc) is 2.54. The Kier molecular flexibility index (Phi) is 5.96. The van der Waals surface area contributed by atoms with Crippen molar-refractivity contribution in [3.63, 3.8) is 0 Å². The molecule has 1 amide bonds. The molecule has 2 rings (SSSR count). The Morgan fingerprint density at radius 1 is 1.08 bits per heavy atom. The fourth-order valence-corrected chi connectivity index (χ4v) is 2.43. The maximum Gasteiger partial charge on any atom is 0.414 e. The van der Waals surface area contributed by atoms with Gasteiger partial charge in [0, 0.05) is 29.5 Å². The summed E-state index contributed by atoms with van der Waals surface area (Å²) in [6.07, 6.45) is -0.372. The van der Waals surface area contributed by atoms with Crippen LogP contribution in [0.2, 0.25) is 5.02 Å². The van der Waals surface area contributed by atoms with E-state index in [1.54, 1.807) is 7.05 Å². The number of carbonyl (C=O) groups excluding carboxylic acids is 1. The number of amides is 1. The molecule has 2 aromatic carbocycles. The van der Waals surface area contributed by atoms with Crippen LogP contribution in [0.25, 0.3) is 0 Å². The Morgan fingerprint density at radius 3 is 2.16 bits per heavy atom. The monoisotopic (exact) mass is 360 g/mol. The molecule has 1 N–H and O–H groups in total. The third-order valence-corrected chi connectivity index (χ3v) is 3.93. The van der Waals surface area contributed by atoms with Crippen molar-refractivity contribution in [3.8, 4) is 0 Å². The molecule has 5 heteroatoms. The normalized spacial score (nSPS) is 12.4. The van der Waals surface area contributed by atoms with Crippen LogP contribution >= 0.6 is 11.6 Å². The maximum atomic E-state index is 12.1. The highest BCUT2D eigenvalue weighted by molar-refractivity contribution is 6.30. The lowest BCUT2D eigenvalue weighted by atomic mass is 10.1. The molecular weight excluding hydrogens is 336 g/mol. The highest BCUT2D eigenvalue weighted by atomic mass is 35.5. The zero-order chi connectivity index (χ0) is 18.6. The molecule has 0 saturated carbocycles. The fourth-order valence-electron chi connectivity index (χ4n) is 2.30. The zero-order valence-electron chi connectivity index (χ0n) is 15.3. The lowest BCUT2D eigenvalue weighted by molar-refractivity contribution is 0.0589. The van der Waals surface area contributed by atoms with E-state index < -0.39 is 5.60 Å². The van der Waals surface area contributed by atoms with E-state index in [9.17, 15) is 4.79 Å². The van der Waals surface area contributed by atoms with Gasteiger partial charge in [-0.15, -0.1) is 0 Å². The molecule has 0 radical (unpaired) electrons. The van der Waals surface area contributed by atoms with E-state index >= 15 is 0 Å². The Balaban J connectivity index is 2.01. The first-order chi connectivity index (χ1) is 11.7. The predicted octanol–water partition coefficient (Wildman–Crippen LogP) is 5.88. The molecule has 0 heterocycles. The number of hydrogen-bond acceptors (Lipinski definition) is 3. The molecule has 134 valence electrons. The van der Waals surface area contributed by atoms with Gasteiger partial charge < -0.3 is 10.1 Å². The first-order valence-corrected chi connectivity index (χ1v) is 8.62. The molecule has 0 spiro atoms. The first-order valence-electron chi connectivity index (χ1n) is 8.24. The predicted molar refractivity (Wildman–Crippen MR) is 105 cm³/mol.